The minimum atomic E-state index is -2.10. The molecule has 354 valence electrons. The van der Waals surface area contributed by atoms with Gasteiger partial charge in [0, 0.05) is 13.8 Å². The summed E-state index contributed by atoms with van der Waals surface area (Å²) in [4.78, 5) is 24.4. The smallest absolute Gasteiger partial charge is 0.217 e. The van der Waals surface area contributed by atoms with E-state index < -0.39 is 192 Å². The van der Waals surface area contributed by atoms with Crippen LogP contribution < -0.4 is 10.6 Å². The maximum absolute atomic E-state index is 12.6. The van der Waals surface area contributed by atoms with Crippen molar-refractivity contribution >= 4 is 11.8 Å². The molecule has 0 spiro atoms. The zero-order valence-electron chi connectivity index (χ0n) is 33.0. The molecule has 0 radical (unpaired) electrons. The predicted octanol–water partition coefficient (Wildman–Crippen LogP) is -10.6. The van der Waals surface area contributed by atoms with E-state index in [9.17, 15) is 81.1 Å². The van der Waals surface area contributed by atoms with Gasteiger partial charge >= 0.3 is 0 Å². The fourth-order valence-electron chi connectivity index (χ4n) is 7.66. The van der Waals surface area contributed by atoms with Crippen molar-refractivity contribution in [3.63, 3.8) is 0 Å². The highest BCUT2D eigenvalue weighted by Crippen LogP contribution is 2.35. The molecule has 5 aliphatic rings. The molecule has 16 N–H and O–H groups in total. The van der Waals surface area contributed by atoms with Crippen LogP contribution in [0.5, 0.6) is 0 Å². The molecule has 5 fully saturated rings. The topological polar surface area (TPSA) is 424 Å². The lowest BCUT2D eigenvalue weighted by atomic mass is 9.94. The highest BCUT2D eigenvalue weighted by atomic mass is 16.8. The first-order chi connectivity index (χ1) is 28.7. The number of aliphatic hydroxyl groups is 14. The summed E-state index contributed by atoms with van der Waals surface area (Å²) in [5, 5.41) is 153. The molecule has 0 aromatic heterocycles. The third-order valence-electron chi connectivity index (χ3n) is 11.1. The van der Waals surface area contributed by atoms with E-state index in [4.69, 9.17) is 42.6 Å². The molecule has 5 heterocycles. The lowest BCUT2D eigenvalue weighted by molar-refractivity contribution is -0.382. The molecule has 0 aromatic rings. The highest BCUT2D eigenvalue weighted by molar-refractivity contribution is 5.73. The van der Waals surface area contributed by atoms with E-state index in [1.165, 1.54) is 6.92 Å². The monoisotopic (exact) mass is 894 g/mol. The number of amides is 2. The van der Waals surface area contributed by atoms with Crippen LogP contribution >= 0.6 is 0 Å². The number of carbonyl (C=O) groups is 2. The third-order valence-corrected chi connectivity index (χ3v) is 11.1. The molecular formula is C34H58N2O25. The van der Waals surface area contributed by atoms with Crippen molar-refractivity contribution in [1.29, 1.82) is 0 Å². The van der Waals surface area contributed by atoms with Gasteiger partial charge < -0.3 is 125 Å². The van der Waals surface area contributed by atoms with Gasteiger partial charge in [0.2, 0.25) is 11.8 Å². The van der Waals surface area contributed by atoms with E-state index in [1.54, 1.807) is 0 Å². The molecule has 2 amide bonds. The Hall–Kier alpha value is -1.98. The van der Waals surface area contributed by atoms with Gasteiger partial charge in [0.15, 0.2) is 31.5 Å². The molecule has 0 aromatic carbocycles. The van der Waals surface area contributed by atoms with E-state index in [-0.39, 0.29) is 0 Å². The van der Waals surface area contributed by atoms with Crippen LogP contribution in [0.25, 0.3) is 0 Å². The third kappa shape index (κ3) is 10.9. The SMILES string of the molecule is CC(=O)N[C@H]1[C@H](OC[C@H]2O[C@@H](O[C@H]3[C@H](O)[C@@H](CO)O[C@@H](O[C@H]4[C@@H](O)[C@@H](CO)O[C@H](O[C@@H]5C(O)O[C@@H](C)[C@@H](O)[C@H]5O)[C@@H]4O)[C@@H]3NC(C)=O)[C@H](O)[C@@H](O)[C@H]2O)O[C@H](CO)[C@@H](O)[C@@H]1O. The van der Waals surface area contributed by atoms with Gasteiger partial charge in [0.25, 0.3) is 0 Å². The summed E-state index contributed by atoms with van der Waals surface area (Å²) in [7, 11) is 0. The molecule has 0 aliphatic carbocycles. The summed E-state index contributed by atoms with van der Waals surface area (Å²) in [6, 6.07) is -3.12. The Kier molecular flexibility index (Phi) is 17.5. The van der Waals surface area contributed by atoms with Gasteiger partial charge in [-0.05, 0) is 6.92 Å². The Bertz CT molecular complexity index is 1420. The van der Waals surface area contributed by atoms with Gasteiger partial charge in [0.1, 0.15) is 116 Å². The average Bonchev–Trinajstić information content (AvgIpc) is 3.21. The first-order valence-corrected chi connectivity index (χ1v) is 19.4. The van der Waals surface area contributed by atoms with Gasteiger partial charge in [-0.2, -0.15) is 0 Å². The van der Waals surface area contributed by atoms with Crippen molar-refractivity contribution in [2.45, 2.75) is 174 Å². The van der Waals surface area contributed by atoms with Crippen molar-refractivity contribution in [3.8, 4) is 0 Å². The van der Waals surface area contributed by atoms with Gasteiger partial charge in [-0.15, -0.1) is 0 Å². The summed E-state index contributed by atoms with van der Waals surface area (Å²) in [5.74, 6) is -1.49. The molecule has 5 aliphatic heterocycles. The van der Waals surface area contributed by atoms with Crippen LogP contribution in [-0.2, 0) is 52.2 Å². The van der Waals surface area contributed by atoms with Crippen LogP contribution in [0.3, 0.4) is 0 Å². The number of ether oxygens (including phenoxy) is 9. The van der Waals surface area contributed by atoms with Crippen LogP contribution in [0.4, 0.5) is 0 Å². The number of nitrogens with one attached hydrogen (secondary N) is 2. The van der Waals surface area contributed by atoms with Crippen molar-refractivity contribution < 1.29 is 124 Å². The molecule has 0 saturated carbocycles. The zero-order valence-corrected chi connectivity index (χ0v) is 33.0. The lowest BCUT2D eigenvalue weighted by Gasteiger charge is -2.50. The van der Waals surface area contributed by atoms with Gasteiger partial charge in [0.05, 0.1) is 32.5 Å². The quantitative estimate of drug-likeness (QED) is 0.0770. The number of carbonyl (C=O) groups excluding carboxylic acids is 2. The predicted molar refractivity (Wildman–Crippen MR) is 188 cm³/mol. The second-order valence-corrected chi connectivity index (χ2v) is 15.4. The van der Waals surface area contributed by atoms with Crippen molar-refractivity contribution in [1.82, 2.24) is 10.6 Å². The van der Waals surface area contributed by atoms with Gasteiger partial charge in [-0.25, -0.2) is 0 Å². The van der Waals surface area contributed by atoms with E-state index in [0.717, 1.165) is 13.8 Å². The fraction of sp³-hybridized carbons (Fsp3) is 0.941. The molecule has 1 unspecified atom stereocenters. The van der Waals surface area contributed by atoms with E-state index >= 15 is 0 Å². The van der Waals surface area contributed by atoms with Crippen molar-refractivity contribution in [3.05, 3.63) is 0 Å². The minimum Gasteiger partial charge on any atom is -0.394 e. The maximum atomic E-state index is 12.6. The van der Waals surface area contributed by atoms with Crippen molar-refractivity contribution in [2.75, 3.05) is 26.4 Å². The summed E-state index contributed by atoms with van der Waals surface area (Å²) in [6.45, 7) is 0.0712. The number of rotatable bonds is 14. The normalized spacial score (nSPS) is 49.6. The first-order valence-electron chi connectivity index (χ1n) is 19.4. The van der Waals surface area contributed by atoms with Crippen LogP contribution in [-0.4, -0.2) is 263 Å². The molecule has 0 bridgehead atoms. The van der Waals surface area contributed by atoms with Gasteiger partial charge in [-0.1, -0.05) is 0 Å². The fourth-order valence-corrected chi connectivity index (χ4v) is 7.66. The standard InChI is InChI=1S/C34H58N2O25/c1-8-17(42)24(49)29(30(52)54-8)61-34-26(51)28(21(46)13(6-39)57-34)60-32-16(36-10(3)41)27(20(45)12(5-38)56-32)59-33-25(50)23(48)19(44)14(58-33)7-53-31-15(35-9(2)40)22(47)18(43)11(4-37)55-31/h8,11-34,37-39,42-52H,4-7H2,1-3H3,(H,35,40)(H,36,41)/t8-,11+,12+,13+,14+,15+,16+,17+,18+,19-,20+,21-,22+,23-,24+,25+,26+,27+,28-,29-,30?,31+,32-,33-,34+/m0/s1. The summed E-state index contributed by atoms with van der Waals surface area (Å²) >= 11 is 0. The Balaban J connectivity index is 1.36. The molecule has 27 heteroatoms. The molecule has 5 rings (SSSR count). The van der Waals surface area contributed by atoms with E-state index in [2.05, 4.69) is 10.6 Å². The molecular weight excluding hydrogens is 836 g/mol. The number of hydrogen-bond acceptors (Lipinski definition) is 25. The lowest BCUT2D eigenvalue weighted by Crippen LogP contribution is -2.70. The van der Waals surface area contributed by atoms with E-state index in [1.807, 2.05) is 0 Å². The van der Waals surface area contributed by atoms with Crippen LogP contribution in [0.1, 0.15) is 20.8 Å². The average molecular weight is 895 g/mol. The summed E-state index contributed by atoms with van der Waals surface area (Å²) in [5.41, 5.74) is 0. The summed E-state index contributed by atoms with van der Waals surface area (Å²) < 4.78 is 50.7. The van der Waals surface area contributed by atoms with Gasteiger partial charge in [-0.3, -0.25) is 9.59 Å². The Labute approximate surface area is 346 Å². The number of aliphatic hydroxyl groups excluding tert-OH is 14. The summed E-state index contributed by atoms with van der Waals surface area (Å²) in [6.07, 6.45) is -40.8. The van der Waals surface area contributed by atoms with Crippen LogP contribution in [0.2, 0.25) is 0 Å². The number of hydrogen-bond donors (Lipinski definition) is 16. The minimum absolute atomic E-state index is 0.670. The first kappa shape index (κ1) is 50.0. The second-order valence-electron chi connectivity index (χ2n) is 15.4. The molecule has 27 nitrogen and oxygen atoms in total. The maximum Gasteiger partial charge on any atom is 0.217 e. The molecule has 25 atom stereocenters. The van der Waals surface area contributed by atoms with Crippen molar-refractivity contribution in [2.24, 2.45) is 0 Å². The Morgan fingerprint density at radius 3 is 1.51 bits per heavy atom. The van der Waals surface area contributed by atoms with E-state index in [0.29, 0.717) is 0 Å². The van der Waals surface area contributed by atoms with Crippen LogP contribution in [0, 0.1) is 0 Å². The zero-order chi connectivity index (χ0) is 45.2. The Morgan fingerprint density at radius 2 is 0.918 bits per heavy atom. The Morgan fingerprint density at radius 1 is 0.459 bits per heavy atom. The molecule has 5 saturated heterocycles. The highest BCUT2D eigenvalue weighted by Gasteiger charge is 2.56. The second kappa shape index (κ2) is 21.3. The molecule has 61 heavy (non-hydrogen) atoms. The van der Waals surface area contributed by atoms with Crippen LogP contribution in [0.15, 0.2) is 0 Å². The largest absolute Gasteiger partial charge is 0.394 e.